The third kappa shape index (κ3) is 3.92. The third-order valence-corrected chi connectivity index (χ3v) is 9.45. The Morgan fingerprint density at radius 3 is 2.12 bits per heavy atom. The first-order valence-electron chi connectivity index (χ1n) is 14.4. The molecule has 3 nitrogen and oxygen atoms in total. The molecule has 0 aliphatic rings. The topological polar surface area (TPSA) is 29.3 Å². The van der Waals surface area contributed by atoms with Crippen molar-refractivity contribution >= 4 is 81.4 Å². The van der Waals surface area contributed by atoms with Gasteiger partial charge in [-0.15, -0.1) is 11.3 Å². The summed E-state index contributed by atoms with van der Waals surface area (Å²) >= 11 is 1.83. The molecule has 6 aromatic carbocycles. The van der Waals surface area contributed by atoms with Crippen molar-refractivity contribution in [2.75, 3.05) is 4.90 Å². The Bertz CT molecular complexity index is 2460. The molecule has 0 spiro atoms. The predicted molar refractivity (Wildman–Crippen MR) is 182 cm³/mol. The second kappa shape index (κ2) is 9.55. The van der Waals surface area contributed by atoms with Gasteiger partial charge in [-0.25, -0.2) is 4.98 Å². The lowest BCUT2D eigenvalue weighted by Gasteiger charge is -2.25. The Morgan fingerprint density at radius 2 is 1.23 bits per heavy atom. The van der Waals surface area contributed by atoms with E-state index in [9.17, 15) is 0 Å². The molecule has 9 aromatic rings. The number of hydrogen-bond acceptors (Lipinski definition) is 4. The number of hydrogen-bond donors (Lipinski definition) is 0. The van der Waals surface area contributed by atoms with E-state index in [1.165, 1.54) is 42.1 Å². The zero-order chi connectivity index (χ0) is 28.3. The monoisotopic (exact) mass is 568 g/mol. The van der Waals surface area contributed by atoms with Gasteiger partial charge in [0.25, 0.3) is 0 Å². The molecule has 3 aromatic heterocycles. The molecule has 0 bridgehead atoms. The molecule has 43 heavy (non-hydrogen) atoms. The Morgan fingerprint density at radius 1 is 0.512 bits per heavy atom. The van der Waals surface area contributed by atoms with Crippen LogP contribution in [0.4, 0.5) is 17.1 Å². The van der Waals surface area contributed by atoms with E-state index < -0.39 is 0 Å². The quantitative estimate of drug-likeness (QED) is 0.211. The summed E-state index contributed by atoms with van der Waals surface area (Å²) in [6.45, 7) is 0. The second-order valence-electron chi connectivity index (χ2n) is 10.8. The van der Waals surface area contributed by atoms with Crippen molar-refractivity contribution in [3.8, 4) is 11.1 Å². The average Bonchev–Trinajstić information content (AvgIpc) is 3.63. The molecule has 0 atom stereocenters. The highest BCUT2D eigenvalue weighted by molar-refractivity contribution is 7.25. The van der Waals surface area contributed by atoms with Crippen molar-refractivity contribution in [2.45, 2.75) is 0 Å². The van der Waals surface area contributed by atoms with Gasteiger partial charge in [-0.1, -0.05) is 97.1 Å². The van der Waals surface area contributed by atoms with Crippen LogP contribution >= 0.6 is 11.3 Å². The predicted octanol–water partition coefficient (Wildman–Crippen LogP) is 11.6. The van der Waals surface area contributed by atoms with Crippen LogP contribution in [0.3, 0.4) is 0 Å². The Labute approximate surface area is 251 Å². The summed E-state index contributed by atoms with van der Waals surface area (Å²) < 4.78 is 8.80. The molecule has 0 amide bonds. The van der Waals surface area contributed by atoms with Gasteiger partial charge in [0.15, 0.2) is 0 Å². The maximum absolute atomic E-state index is 6.23. The number of anilines is 3. The van der Waals surface area contributed by atoms with Crippen molar-refractivity contribution < 1.29 is 4.42 Å². The average molecular weight is 569 g/mol. The smallest absolute Gasteiger partial charge is 0.227 e. The summed E-state index contributed by atoms with van der Waals surface area (Å²) in [5.41, 5.74) is 7.02. The third-order valence-electron chi connectivity index (χ3n) is 8.31. The van der Waals surface area contributed by atoms with E-state index in [4.69, 9.17) is 9.40 Å². The van der Waals surface area contributed by atoms with Crippen LogP contribution in [-0.4, -0.2) is 4.98 Å². The van der Waals surface area contributed by atoms with Crippen molar-refractivity contribution in [3.05, 3.63) is 146 Å². The fraction of sp³-hybridized carbons (Fsp3) is 0. The van der Waals surface area contributed by atoms with E-state index in [0.29, 0.717) is 5.71 Å². The molecule has 0 radical (unpaired) electrons. The van der Waals surface area contributed by atoms with Crippen LogP contribution in [0.5, 0.6) is 0 Å². The number of rotatable bonds is 4. The highest BCUT2D eigenvalue weighted by atomic mass is 32.1. The minimum absolute atomic E-state index is 0.648. The minimum Gasteiger partial charge on any atom is -0.438 e. The van der Waals surface area contributed by atoms with Crippen molar-refractivity contribution in [3.63, 3.8) is 0 Å². The first-order chi connectivity index (χ1) is 21.3. The van der Waals surface area contributed by atoms with Crippen molar-refractivity contribution in [2.24, 2.45) is 0 Å². The van der Waals surface area contributed by atoms with Crippen LogP contribution in [0.2, 0.25) is 0 Å². The van der Waals surface area contributed by atoms with Crippen LogP contribution in [0, 0.1) is 0 Å². The molecule has 9 rings (SSSR count). The largest absolute Gasteiger partial charge is 0.438 e. The normalized spacial score (nSPS) is 11.7. The van der Waals surface area contributed by atoms with Gasteiger partial charge in [0, 0.05) is 36.9 Å². The van der Waals surface area contributed by atoms with Gasteiger partial charge >= 0.3 is 0 Å². The van der Waals surface area contributed by atoms with E-state index in [1.807, 2.05) is 17.5 Å². The number of nitrogens with zero attached hydrogens (tertiary/aromatic N) is 2. The molecule has 0 N–H and O–H groups in total. The number of fused-ring (bicyclic) bond motifs is 8. The molecule has 0 aliphatic carbocycles. The molecule has 0 unspecified atom stereocenters. The standard InChI is InChI=1S/C39H24N2OS/c1-2-8-25(9-3-1)26-14-17-28(18-15-26)41(29-19-20-33-32-12-6-7-13-36(32)43-37(33)23-29)30-22-34-38-31-11-5-4-10-27(31)16-21-35(38)42-39(34)40-24-30/h1-24H. The Hall–Kier alpha value is -5.45. The van der Waals surface area contributed by atoms with E-state index in [2.05, 4.69) is 144 Å². The number of thiophene rings is 1. The summed E-state index contributed by atoms with van der Waals surface area (Å²) in [4.78, 5) is 7.15. The second-order valence-corrected chi connectivity index (χ2v) is 11.9. The van der Waals surface area contributed by atoms with Gasteiger partial charge in [0.05, 0.1) is 17.3 Å². The zero-order valence-electron chi connectivity index (χ0n) is 23.1. The van der Waals surface area contributed by atoms with Crippen molar-refractivity contribution in [1.29, 1.82) is 0 Å². The lowest BCUT2D eigenvalue weighted by atomic mass is 10.0. The maximum atomic E-state index is 6.23. The summed E-state index contributed by atoms with van der Waals surface area (Å²) in [6, 6.07) is 49.6. The number of aromatic nitrogens is 1. The molecular formula is C39H24N2OS. The summed E-state index contributed by atoms with van der Waals surface area (Å²) in [7, 11) is 0. The first-order valence-corrected chi connectivity index (χ1v) is 15.2. The van der Waals surface area contributed by atoms with Gasteiger partial charge in [-0.3, -0.25) is 0 Å². The first kappa shape index (κ1) is 24.2. The van der Waals surface area contributed by atoms with Crippen LogP contribution in [-0.2, 0) is 0 Å². The number of pyridine rings is 1. The van der Waals surface area contributed by atoms with E-state index in [1.54, 1.807) is 0 Å². The van der Waals surface area contributed by atoms with E-state index in [-0.39, 0.29) is 0 Å². The zero-order valence-corrected chi connectivity index (χ0v) is 23.9. The van der Waals surface area contributed by atoms with Crippen molar-refractivity contribution in [1.82, 2.24) is 4.98 Å². The molecule has 3 heterocycles. The van der Waals surface area contributed by atoms with Crippen LogP contribution in [0.25, 0.3) is 64.1 Å². The van der Waals surface area contributed by atoms with Gasteiger partial charge in [0.2, 0.25) is 5.71 Å². The molecule has 202 valence electrons. The van der Waals surface area contributed by atoms with E-state index >= 15 is 0 Å². The highest BCUT2D eigenvalue weighted by Gasteiger charge is 2.19. The van der Waals surface area contributed by atoms with Crippen LogP contribution in [0.15, 0.2) is 150 Å². The lowest BCUT2D eigenvalue weighted by Crippen LogP contribution is -2.10. The fourth-order valence-corrected chi connectivity index (χ4v) is 7.42. The maximum Gasteiger partial charge on any atom is 0.227 e. The molecular weight excluding hydrogens is 545 g/mol. The lowest BCUT2D eigenvalue weighted by molar-refractivity contribution is 0.654. The van der Waals surface area contributed by atoms with Gasteiger partial charge < -0.3 is 9.32 Å². The number of furan rings is 1. The summed E-state index contributed by atoms with van der Waals surface area (Å²) in [5.74, 6) is 0. The molecule has 0 aliphatic heterocycles. The summed E-state index contributed by atoms with van der Waals surface area (Å²) in [6.07, 6.45) is 1.92. The SMILES string of the molecule is c1ccc(-c2ccc(N(c3ccc4c(c3)sc3ccccc34)c3cnc4oc5ccc6ccccc6c5c4c3)cc2)cc1. The molecule has 0 saturated carbocycles. The van der Waals surface area contributed by atoms with E-state index in [0.717, 1.165) is 33.4 Å². The number of benzene rings is 6. The molecule has 4 heteroatoms. The molecule has 0 fully saturated rings. The highest BCUT2D eigenvalue weighted by Crippen LogP contribution is 2.42. The molecule has 0 saturated heterocycles. The summed E-state index contributed by atoms with van der Waals surface area (Å²) in [5, 5.41) is 7.05. The fourth-order valence-electron chi connectivity index (χ4n) is 6.28. The van der Waals surface area contributed by atoms with Crippen LogP contribution in [0.1, 0.15) is 0 Å². The minimum atomic E-state index is 0.648. The van der Waals surface area contributed by atoms with Gasteiger partial charge in [-0.2, -0.15) is 0 Å². The van der Waals surface area contributed by atoms with Gasteiger partial charge in [-0.05, 0) is 64.4 Å². The van der Waals surface area contributed by atoms with Crippen LogP contribution < -0.4 is 4.90 Å². The Balaban J connectivity index is 1.26. The Kier molecular flexibility index (Phi) is 5.37. The van der Waals surface area contributed by atoms with Gasteiger partial charge in [0.1, 0.15) is 5.58 Å².